The van der Waals surface area contributed by atoms with E-state index in [2.05, 4.69) is 10.4 Å². The highest BCUT2D eigenvalue weighted by molar-refractivity contribution is 6.35. The quantitative estimate of drug-likeness (QED) is 0.805. The number of hydrogen-bond acceptors (Lipinski definition) is 3. The van der Waals surface area contributed by atoms with E-state index in [1.165, 1.54) is 0 Å². The van der Waals surface area contributed by atoms with Crippen LogP contribution in [0.25, 0.3) is 0 Å². The predicted molar refractivity (Wildman–Crippen MR) is 96.6 cm³/mol. The summed E-state index contributed by atoms with van der Waals surface area (Å²) in [5.74, 6) is 0.509. The van der Waals surface area contributed by atoms with Crippen molar-refractivity contribution in [2.24, 2.45) is 5.73 Å². The minimum atomic E-state index is -0.0932. The molecule has 2 aromatic rings. The minimum Gasteiger partial charge on any atom is -0.328 e. The zero-order valence-corrected chi connectivity index (χ0v) is 15.0. The molecule has 2 rings (SSSR count). The Labute approximate surface area is 151 Å². The van der Waals surface area contributed by atoms with Gasteiger partial charge in [-0.3, -0.25) is 4.79 Å². The van der Waals surface area contributed by atoms with Crippen molar-refractivity contribution < 1.29 is 4.79 Å². The van der Waals surface area contributed by atoms with E-state index in [-0.39, 0.29) is 24.4 Å². The number of carbonyl (C=O) groups is 1. The number of hydrogen-bond donors (Lipinski definition) is 2. The number of rotatable bonds is 6. The molecule has 126 valence electrons. The van der Waals surface area contributed by atoms with Gasteiger partial charge < -0.3 is 11.1 Å². The van der Waals surface area contributed by atoms with Gasteiger partial charge in [-0.25, -0.2) is 4.68 Å². The summed E-state index contributed by atoms with van der Waals surface area (Å²) in [5.41, 5.74) is 6.42. The van der Waals surface area contributed by atoms with E-state index >= 15 is 0 Å². The molecule has 3 N–H and O–H groups in total. The Hall–Kier alpha value is -1.27. The molecular weight excluding hydrogens is 359 g/mol. The van der Waals surface area contributed by atoms with Crippen molar-refractivity contribution in [3.05, 3.63) is 46.1 Å². The number of halogens is 3. The molecule has 0 aliphatic rings. The molecule has 1 aromatic carbocycles. The largest absolute Gasteiger partial charge is 0.328 e. The summed E-state index contributed by atoms with van der Waals surface area (Å²) in [4.78, 5) is 11.9. The molecule has 0 aliphatic carbocycles. The van der Waals surface area contributed by atoms with Crippen LogP contribution in [0.1, 0.15) is 25.3 Å². The molecule has 0 aliphatic heterocycles. The van der Waals surface area contributed by atoms with Crippen LogP contribution in [-0.4, -0.2) is 21.7 Å². The van der Waals surface area contributed by atoms with Gasteiger partial charge in [-0.05, 0) is 25.5 Å². The Kier molecular flexibility index (Phi) is 7.85. The average molecular weight is 378 g/mol. The van der Waals surface area contributed by atoms with Gasteiger partial charge in [0.1, 0.15) is 5.82 Å². The average Bonchev–Trinajstić information content (AvgIpc) is 2.88. The van der Waals surface area contributed by atoms with Crippen molar-refractivity contribution in [3.8, 4) is 0 Å². The zero-order valence-electron chi connectivity index (χ0n) is 12.6. The fraction of sp³-hybridized carbons (Fsp3) is 0.333. The third kappa shape index (κ3) is 5.70. The Morgan fingerprint density at radius 3 is 2.61 bits per heavy atom. The fourth-order valence-corrected chi connectivity index (χ4v) is 2.48. The lowest BCUT2D eigenvalue weighted by molar-refractivity contribution is -0.116. The van der Waals surface area contributed by atoms with Gasteiger partial charge in [-0.15, -0.1) is 12.4 Å². The van der Waals surface area contributed by atoms with Crippen molar-refractivity contribution in [1.82, 2.24) is 9.78 Å². The van der Waals surface area contributed by atoms with Crippen molar-refractivity contribution in [3.63, 3.8) is 0 Å². The highest BCUT2D eigenvalue weighted by Crippen LogP contribution is 2.26. The number of benzene rings is 1. The molecule has 1 amide bonds. The van der Waals surface area contributed by atoms with Crippen LogP contribution in [0.5, 0.6) is 0 Å². The molecule has 0 radical (unpaired) electrons. The van der Waals surface area contributed by atoms with Crippen LogP contribution in [0.2, 0.25) is 10.0 Å². The summed E-state index contributed by atoms with van der Waals surface area (Å²) in [6, 6.07) is 7.06. The van der Waals surface area contributed by atoms with E-state index in [1.54, 1.807) is 35.1 Å². The summed E-state index contributed by atoms with van der Waals surface area (Å²) < 4.78 is 1.65. The number of aromatic nitrogens is 2. The molecule has 23 heavy (non-hydrogen) atoms. The third-order valence-electron chi connectivity index (χ3n) is 3.18. The fourth-order valence-electron chi connectivity index (χ4n) is 1.96. The van der Waals surface area contributed by atoms with Gasteiger partial charge in [0.05, 0.1) is 12.7 Å². The van der Waals surface area contributed by atoms with E-state index in [4.69, 9.17) is 28.9 Å². The SMILES string of the molecule is CC(N)CCC(=O)Nc1ccnn1Cc1c(Cl)cccc1Cl.Cl. The number of nitrogens with two attached hydrogens (primary N) is 1. The third-order valence-corrected chi connectivity index (χ3v) is 3.89. The van der Waals surface area contributed by atoms with Crippen LogP contribution in [0.4, 0.5) is 5.82 Å². The van der Waals surface area contributed by atoms with Crippen molar-refractivity contribution in [2.75, 3.05) is 5.32 Å². The van der Waals surface area contributed by atoms with Crippen LogP contribution in [-0.2, 0) is 11.3 Å². The van der Waals surface area contributed by atoms with Crippen molar-refractivity contribution >= 4 is 47.3 Å². The molecule has 1 aromatic heterocycles. The van der Waals surface area contributed by atoms with Crippen LogP contribution in [0.3, 0.4) is 0 Å². The Morgan fingerprint density at radius 1 is 1.35 bits per heavy atom. The van der Waals surface area contributed by atoms with Gasteiger partial charge in [-0.2, -0.15) is 5.10 Å². The second-order valence-corrected chi connectivity index (χ2v) is 5.95. The van der Waals surface area contributed by atoms with Crippen LogP contribution in [0.15, 0.2) is 30.5 Å². The van der Waals surface area contributed by atoms with E-state index < -0.39 is 0 Å². The highest BCUT2D eigenvalue weighted by atomic mass is 35.5. The summed E-state index contributed by atoms with van der Waals surface area (Å²) >= 11 is 12.3. The predicted octanol–water partition coefficient (Wildman–Crippen LogP) is 3.73. The molecule has 8 heteroatoms. The van der Waals surface area contributed by atoms with Crippen molar-refractivity contribution in [1.29, 1.82) is 0 Å². The summed E-state index contributed by atoms with van der Waals surface area (Å²) in [6.45, 7) is 2.26. The van der Waals surface area contributed by atoms with Crippen molar-refractivity contribution in [2.45, 2.75) is 32.4 Å². The molecular formula is C15H19Cl3N4O. The highest BCUT2D eigenvalue weighted by Gasteiger charge is 2.11. The monoisotopic (exact) mass is 376 g/mol. The topological polar surface area (TPSA) is 72.9 Å². The first-order valence-electron chi connectivity index (χ1n) is 6.97. The number of nitrogens with zero attached hydrogens (tertiary/aromatic N) is 2. The number of amides is 1. The van der Waals surface area contributed by atoms with Gasteiger partial charge in [0.15, 0.2) is 0 Å². The van der Waals surface area contributed by atoms with Gasteiger partial charge in [0.2, 0.25) is 5.91 Å². The first-order valence-corrected chi connectivity index (χ1v) is 7.73. The number of anilines is 1. The molecule has 1 unspecified atom stereocenters. The number of nitrogens with one attached hydrogen (secondary N) is 1. The maximum atomic E-state index is 11.9. The lowest BCUT2D eigenvalue weighted by atomic mass is 10.2. The second kappa shape index (κ2) is 9.13. The zero-order chi connectivity index (χ0) is 16.1. The van der Waals surface area contributed by atoms with Gasteiger partial charge in [0.25, 0.3) is 0 Å². The van der Waals surface area contributed by atoms with Gasteiger partial charge >= 0.3 is 0 Å². The summed E-state index contributed by atoms with van der Waals surface area (Å²) in [7, 11) is 0. The normalized spacial score (nSPS) is 11.7. The lowest BCUT2D eigenvalue weighted by Crippen LogP contribution is -2.20. The number of carbonyl (C=O) groups excluding carboxylic acids is 1. The second-order valence-electron chi connectivity index (χ2n) is 5.14. The Morgan fingerprint density at radius 2 is 2.00 bits per heavy atom. The molecule has 0 spiro atoms. The van der Waals surface area contributed by atoms with Crippen LogP contribution < -0.4 is 11.1 Å². The van der Waals surface area contributed by atoms with Crippen LogP contribution >= 0.6 is 35.6 Å². The first-order chi connectivity index (χ1) is 10.5. The van der Waals surface area contributed by atoms with E-state index in [9.17, 15) is 4.79 Å². The smallest absolute Gasteiger partial charge is 0.225 e. The van der Waals surface area contributed by atoms with Crippen LogP contribution in [0, 0.1) is 0 Å². The molecule has 5 nitrogen and oxygen atoms in total. The standard InChI is InChI=1S/C15H18Cl2N4O.ClH/c1-10(18)5-6-15(22)20-14-7-8-19-21(14)9-11-12(16)3-2-4-13(11)17;/h2-4,7-8,10H,5-6,9,18H2,1H3,(H,20,22);1H. The summed E-state index contributed by atoms with van der Waals surface area (Å²) in [5, 5.41) is 8.16. The Balaban J connectivity index is 0.00000264. The van der Waals surface area contributed by atoms with E-state index in [0.29, 0.717) is 35.2 Å². The minimum absolute atomic E-state index is 0. The summed E-state index contributed by atoms with van der Waals surface area (Å²) in [6.07, 6.45) is 2.62. The van der Waals surface area contributed by atoms with E-state index in [0.717, 1.165) is 5.56 Å². The van der Waals surface area contributed by atoms with Gasteiger partial charge in [-0.1, -0.05) is 29.3 Å². The first kappa shape index (κ1) is 19.8. The molecule has 0 bridgehead atoms. The molecule has 0 fully saturated rings. The Bertz CT molecular complexity index is 638. The maximum absolute atomic E-state index is 11.9. The lowest BCUT2D eigenvalue weighted by Gasteiger charge is -2.12. The maximum Gasteiger partial charge on any atom is 0.225 e. The molecule has 1 heterocycles. The van der Waals surface area contributed by atoms with E-state index in [1.807, 2.05) is 6.92 Å². The van der Waals surface area contributed by atoms with Gasteiger partial charge in [0, 0.05) is 34.1 Å². The molecule has 0 saturated carbocycles. The molecule has 1 atom stereocenters. The molecule has 0 saturated heterocycles.